The molecule has 0 radical (unpaired) electrons. The molecule has 1 saturated heterocycles. The van der Waals surface area contributed by atoms with Crippen molar-refractivity contribution in [3.8, 4) is 0 Å². The van der Waals surface area contributed by atoms with Gasteiger partial charge in [-0.15, -0.1) is 0 Å². The summed E-state index contributed by atoms with van der Waals surface area (Å²) >= 11 is 0. The van der Waals surface area contributed by atoms with E-state index < -0.39 is 5.76 Å². The number of amides is 2. The minimum atomic E-state index is -0.588. The zero-order valence-corrected chi connectivity index (χ0v) is 16.9. The highest BCUT2D eigenvalue weighted by Crippen LogP contribution is 2.20. The Bertz CT molecular complexity index is 1120. The number of hydrogen-bond acceptors (Lipinski definition) is 5. The predicted octanol–water partition coefficient (Wildman–Crippen LogP) is 2.53. The van der Waals surface area contributed by atoms with Crippen LogP contribution in [0.5, 0.6) is 0 Å². The Morgan fingerprint density at radius 1 is 1.20 bits per heavy atom. The Balaban J connectivity index is 1.54. The van der Waals surface area contributed by atoms with E-state index in [9.17, 15) is 14.4 Å². The third kappa shape index (κ3) is 4.14. The molecule has 0 saturated carbocycles. The third-order valence-electron chi connectivity index (χ3n) is 5.31. The molecular weight excluding hydrogens is 386 g/mol. The fourth-order valence-electron chi connectivity index (χ4n) is 3.74. The first-order valence-corrected chi connectivity index (χ1v) is 10.3. The lowest BCUT2D eigenvalue weighted by molar-refractivity contribution is -0.132. The van der Waals surface area contributed by atoms with E-state index in [2.05, 4.69) is 22.4 Å². The number of H-pyrrole nitrogens is 1. The lowest BCUT2D eigenvalue weighted by Gasteiger charge is -2.26. The number of fused-ring (bicyclic) bond motifs is 1. The number of aromatic nitrogens is 3. The number of nitrogens with one attached hydrogen (secondary N) is 2. The lowest BCUT2D eigenvalue weighted by atomic mass is 10.1. The molecule has 9 heteroatoms. The molecular formula is C21H25N5O4. The van der Waals surface area contributed by atoms with Gasteiger partial charge in [0, 0.05) is 24.5 Å². The van der Waals surface area contributed by atoms with Gasteiger partial charge in [0.1, 0.15) is 6.54 Å². The molecule has 0 atom stereocenters. The fraction of sp³-hybridized carbons (Fsp3) is 0.429. The van der Waals surface area contributed by atoms with Crippen LogP contribution in [-0.4, -0.2) is 44.6 Å². The first kappa shape index (κ1) is 19.9. The highest BCUT2D eigenvalue weighted by atomic mass is 16.4. The van der Waals surface area contributed by atoms with E-state index in [1.807, 2.05) is 0 Å². The molecule has 3 heterocycles. The zero-order valence-electron chi connectivity index (χ0n) is 16.9. The Labute approximate surface area is 173 Å². The molecule has 2 N–H and O–H groups in total. The summed E-state index contributed by atoms with van der Waals surface area (Å²) in [6.45, 7) is 3.40. The highest BCUT2D eigenvalue weighted by molar-refractivity contribution is 6.03. The highest BCUT2D eigenvalue weighted by Gasteiger charge is 2.20. The van der Waals surface area contributed by atoms with Crippen LogP contribution in [0.4, 0.5) is 5.69 Å². The number of oxazole rings is 1. The normalized spacial score (nSPS) is 14.2. The maximum Gasteiger partial charge on any atom is 0.420 e. The van der Waals surface area contributed by atoms with E-state index in [-0.39, 0.29) is 18.4 Å². The van der Waals surface area contributed by atoms with Crippen molar-refractivity contribution in [1.82, 2.24) is 19.7 Å². The van der Waals surface area contributed by atoms with Crippen molar-refractivity contribution in [2.45, 2.75) is 45.6 Å². The van der Waals surface area contributed by atoms with Gasteiger partial charge in [0.15, 0.2) is 11.3 Å². The number of likely N-dealkylation sites (tertiary alicyclic amines) is 1. The second kappa shape index (κ2) is 8.56. The zero-order chi connectivity index (χ0) is 21.1. The summed E-state index contributed by atoms with van der Waals surface area (Å²) in [6, 6.07) is 6.63. The summed E-state index contributed by atoms with van der Waals surface area (Å²) in [5.41, 5.74) is 2.53. The summed E-state index contributed by atoms with van der Waals surface area (Å²) in [4.78, 5) is 39.2. The number of rotatable bonds is 6. The molecule has 0 aliphatic carbocycles. The molecule has 9 nitrogen and oxygen atoms in total. The number of benzene rings is 1. The van der Waals surface area contributed by atoms with E-state index >= 15 is 0 Å². The largest absolute Gasteiger partial charge is 0.420 e. The molecule has 0 bridgehead atoms. The monoisotopic (exact) mass is 411 g/mol. The number of anilines is 1. The van der Waals surface area contributed by atoms with Crippen LogP contribution in [0.3, 0.4) is 0 Å². The maximum atomic E-state index is 12.6. The van der Waals surface area contributed by atoms with Crippen molar-refractivity contribution < 1.29 is 14.0 Å². The minimum absolute atomic E-state index is 0.0804. The van der Waals surface area contributed by atoms with Gasteiger partial charge in [-0.1, -0.05) is 13.3 Å². The smallest absolute Gasteiger partial charge is 0.408 e. The molecule has 2 aromatic heterocycles. The van der Waals surface area contributed by atoms with E-state index in [0.717, 1.165) is 37.8 Å². The van der Waals surface area contributed by atoms with E-state index in [1.165, 1.54) is 4.57 Å². The van der Waals surface area contributed by atoms with Crippen molar-refractivity contribution in [1.29, 1.82) is 0 Å². The van der Waals surface area contributed by atoms with Crippen LogP contribution in [0.25, 0.3) is 11.1 Å². The number of aryl methyl sites for hydroxylation is 1. The van der Waals surface area contributed by atoms with Crippen molar-refractivity contribution in [3.63, 3.8) is 0 Å². The van der Waals surface area contributed by atoms with Gasteiger partial charge in [0.2, 0.25) is 5.91 Å². The van der Waals surface area contributed by atoms with Crippen LogP contribution in [0.15, 0.2) is 33.5 Å². The van der Waals surface area contributed by atoms with Crippen LogP contribution >= 0.6 is 0 Å². The van der Waals surface area contributed by atoms with Gasteiger partial charge in [0.25, 0.3) is 5.91 Å². The average molecular weight is 411 g/mol. The van der Waals surface area contributed by atoms with Gasteiger partial charge in [-0.3, -0.25) is 19.3 Å². The molecule has 1 aliphatic heterocycles. The van der Waals surface area contributed by atoms with Crippen LogP contribution < -0.4 is 11.1 Å². The van der Waals surface area contributed by atoms with E-state index in [1.54, 1.807) is 29.2 Å². The number of carbonyl (C=O) groups excluding carboxylic acids is 2. The van der Waals surface area contributed by atoms with Crippen LogP contribution in [-0.2, 0) is 17.8 Å². The standard InChI is InChI=1S/C21H25N5O4/c1-2-6-15-11-16(24-23-15)20(28)22-14-7-8-18-17(12-14)26(21(29)30-18)13-19(27)25-9-4-3-5-10-25/h7-8,11-12H,2-6,9-10,13H2,1H3,(H,22,28)(H,23,24). The Morgan fingerprint density at radius 2 is 2.00 bits per heavy atom. The SMILES string of the molecule is CCCc1cc(C(=O)Nc2ccc3oc(=O)n(CC(=O)N4CCCCC4)c3c2)n[nH]1. The second-order valence-electron chi connectivity index (χ2n) is 7.56. The Morgan fingerprint density at radius 3 is 2.77 bits per heavy atom. The molecule has 158 valence electrons. The number of hydrogen-bond donors (Lipinski definition) is 2. The lowest BCUT2D eigenvalue weighted by Crippen LogP contribution is -2.39. The fourth-order valence-corrected chi connectivity index (χ4v) is 3.74. The van der Waals surface area contributed by atoms with E-state index in [4.69, 9.17) is 4.42 Å². The minimum Gasteiger partial charge on any atom is -0.408 e. The molecule has 0 spiro atoms. The predicted molar refractivity (Wildman–Crippen MR) is 111 cm³/mol. The van der Waals surface area contributed by atoms with Gasteiger partial charge < -0.3 is 14.6 Å². The van der Waals surface area contributed by atoms with Crippen LogP contribution in [0.1, 0.15) is 48.8 Å². The first-order chi connectivity index (χ1) is 14.5. The Hall–Kier alpha value is -3.36. The topological polar surface area (TPSA) is 113 Å². The maximum absolute atomic E-state index is 12.6. The summed E-state index contributed by atoms with van der Waals surface area (Å²) < 4.78 is 6.58. The van der Waals surface area contributed by atoms with Gasteiger partial charge in [-0.25, -0.2) is 4.79 Å². The molecule has 0 unspecified atom stereocenters. The third-order valence-corrected chi connectivity index (χ3v) is 5.31. The van der Waals surface area contributed by atoms with Crippen molar-refractivity contribution in [3.05, 3.63) is 46.2 Å². The molecule has 1 fully saturated rings. The quantitative estimate of drug-likeness (QED) is 0.647. The number of piperidine rings is 1. The Kier molecular flexibility index (Phi) is 5.69. The summed E-state index contributed by atoms with van der Waals surface area (Å²) in [5.74, 6) is -1.04. The average Bonchev–Trinajstić information content (AvgIpc) is 3.34. The molecule has 1 aromatic carbocycles. The van der Waals surface area contributed by atoms with Gasteiger partial charge in [0.05, 0.1) is 5.52 Å². The number of nitrogens with zero attached hydrogens (tertiary/aromatic N) is 3. The summed E-state index contributed by atoms with van der Waals surface area (Å²) in [7, 11) is 0. The van der Waals surface area contributed by atoms with Gasteiger partial charge in [-0.05, 0) is 49.9 Å². The molecule has 2 amide bonds. The van der Waals surface area contributed by atoms with Crippen LogP contribution in [0.2, 0.25) is 0 Å². The number of carbonyl (C=O) groups is 2. The summed E-state index contributed by atoms with van der Waals surface area (Å²) in [5, 5.41) is 9.68. The molecule has 1 aliphatic rings. The molecule has 4 rings (SSSR count). The number of aromatic amines is 1. The van der Waals surface area contributed by atoms with Crippen molar-refractivity contribution >= 4 is 28.6 Å². The summed E-state index contributed by atoms with van der Waals surface area (Å²) in [6.07, 6.45) is 4.86. The molecule has 3 aromatic rings. The van der Waals surface area contributed by atoms with Gasteiger partial charge in [-0.2, -0.15) is 5.10 Å². The first-order valence-electron chi connectivity index (χ1n) is 10.3. The van der Waals surface area contributed by atoms with Crippen molar-refractivity contribution in [2.24, 2.45) is 0 Å². The van der Waals surface area contributed by atoms with Gasteiger partial charge >= 0.3 is 5.76 Å². The second-order valence-corrected chi connectivity index (χ2v) is 7.56. The molecule has 30 heavy (non-hydrogen) atoms. The van der Waals surface area contributed by atoms with E-state index in [0.29, 0.717) is 35.6 Å². The van der Waals surface area contributed by atoms with Crippen LogP contribution in [0, 0.1) is 0 Å². The van der Waals surface area contributed by atoms with Crippen molar-refractivity contribution in [2.75, 3.05) is 18.4 Å².